The summed E-state index contributed by atoms with van der Waals surface area (Å²) in [6.07, 6.45) is 2.80. The van der Waals surface area contributed by atoms with E-state index in [1.165, 1.54) is 12.1 Å². The summed E-state index contributed by atoms with van der Waals surface area (Å²) in [4.78, 5) is 0. The van der Waals surface area contributed by atoms with Crippen molar-refractivity contribution >= 4 is 11.6 Å². The van der Waals surface area contributed by atoms with Crippen molar-refractivity contribution in [2.45, 2.75) is 37.6 Å². The topological polar surface area (TPSA) is 12.0 Å². The molecule has 1 unspecified atom stereocenters. The predicted octanol–water partition coefficient (Wildman–Crippen LogP) is 3.96. The highest BCUT2D eigenvalue weighted by atomic mass is 35.5. The first-order valence-electron chi connectivity index (χ1n) is 5.95. The summed E-state index contributed by atoms with van der Waals surface area (Å²) in [6.45, 7) is 0.844. The minimum absolute atomic E-state index is 0.0115. The van der Waals surface area contributed by atoms with E-state index in [9.17, 15) is 8.78 Å². The van der Waals surface area contributed by atoms with Crippen LogP contribution in [0.3, 0.4) is 0 Å². The Balaban J connectivity index is 2.06. The van der Waals surface area contributed by atoms with E-state index >= 15 is 0 Å². The van der Waals surface area contributed by atoms with Crippen LogP contribution >= 0.6 is 11.6 Å². The van der Waals surface area contributed by atoms with E-state index in [4.69, 9.17) is 11.6 Å². The lowest BCUT2D eigenvalue weighted by Crippen LogP contribution is -2.37. The smallest absolute Gasteiger partial charge is 0.274 e. The number of halogens is 3. The van der Waals surface area contributed by atoms with Crippen LogP contribution < -0.4 is 5.32 Å². The zero-order valence-electron chi connectivity index (χ0n) is 9.56. The third-order valence-corrected chi connectivity index (χ3v) is 3.40. The molecule has 0 saturated carbocycles. The summed E-state index contributed by atoms with van der Waals surface area (Å²) in [5.74, 6) is -2.81. The summed E-state index contributed by atoms with van der Waals surface area (Å²) in [5, 5.41) is 3.51. The van der Waals surface area contributed by atoms with Crippen LogP contribution in [0.25, 0.3) is 0 Å². The van der Waals surface area contributed by atoms with Crippen molar-refractivity contribution in [2.75, 3.05) is 6.54 Å². The van der Waals surface area contributed by atoms with Gasteiger partial charge in [-0.05, 0) is 31.5 Å². The van der Waals surface area contributed by atoms with E-state index in [-0.39, 0.29) is 18.0 Å². The molecule has 0 radical (unpaired) electrons. The van der Waals surface area contributed by atoms with Crippen molar-refractivity contribution in [1.29, 1.82) is 0 Å². The zero-order valence-corrected chi connectivity index (χ0v) is 10.3. The van der Waals surface area contributed by atoms with Gasteiger partial charge in [0.1, 0.15) is 0 Å². The van der Waals surface area contributed by atoms with Crippen molar-refractivity contribution in [2.24, 2.45) is 0 Å². The lowest BCUT2D eigenvalue weighted by atomic mass is 9.95. The molecule has 1 heterocycles. The van der Waals surface area contributed by atoms with Gasteiger partial charge < -0.3 is 5.32 Å². The van der Waals surface area contributed by atoms with E-state index in [0.29, 0.717) is 5.02 Å². The van der Waals surface area contributed by atoms with Gasteiger partial charge in [-0.25, -0.2) is 8.78 Å². The van der Waals surface area contributed by atoms with Crippen LogP contribution in [0.2, 0.25) is 5.02 Å². The molecular weight excluding hydrogens is 244 g/mol. The maximum atomic E-state index is 14.0. The SMILES string of the molecule is FC(F)(CC1CCCCN1)c1cccc(Cl)c1. The number of hydrogen-bond acceptors (Lipinski definition) is 1. The van der Waals surface area contributed by atoms with Gasteiger partial charge in [0.25, 0.3) is 5.92 Å². The predicted molar refractivity (Wildman–Crippen MR) is 65.6 cm³/mol. The quantitative estimate of drug-likeness (QED) is 0.866. The Kier molecular flexibility index (Phi) is 4.00. The molecule has 0 aliphatic carbocycles. The number of nitrogens with one attached hydrogen (secondary N) is 1. The van der Waals surface area contributed by atoms with Gasteiger partial charge in [0.15, 0.2) is 0 Å². The molecule has 1 aliphatic heterocycles. The van der Waals surface area contributed by atoms with Crippen molar-refractivity contribution in [3.8, 4) is 0 Å². The van der Waals surface area contributed by atoms with Crippen LogP contribution in [0.4, 0.5) is 8.78 Å². The number of benzene rings is 1. The fraction of sp³-hybridized carbons (Fsp3) is 0.538. The Labute approximate surface area is 105 Å². The Morgan fingerprint density at radius 2 is 2.18 bits per heavy atom. The molecule has 1 aliphatic rings. The van der Waals surface area contributed by atoms with Crippen molar-refractivity contribution in [1.82, 2.24) is 5.32 Å². The molecule has 1 saturated heterocycles. The van der Waals surface area contributed by atoms with E-state index in [0.717, 1.165) is 25.8 Å². The Morgan fingerprint density at radius 1 is 1.35 bits per heavy atom. The summed E-state index contributed by atoms with van der Waals surface area (Å²) in [7, 11) is 0. The highest BCUT2D eigenvalue weighted by Gasteiger charge is 2.35. The molecule has 0 spiro atoms. The van der Waals surface area contributed by atoms with Crippen molar-refractivity contribution in [3.05, 3.63) is 34.9 Å². The fourth-order valence-corrected chi connectivity index (χ4v) is 2.43. The first-order valence-corrected chi connectivity index (χ1v) is 6.33. The van der Waals surface area contributed by atoms with Gasteiger partial charge in [-0.2, -0.15) is 0 Å². The van der Waals surface area contributed by atoms with E-state index < -0.39 is 5.92 Å². The molecule has 1 aromatic carbocycles. The van der Waals surface area contributed by atoms with Crippen molar-refractivity contribution in [3.63, 3.8) is 0 Å². The van der Waals surface area contributed by atoms with Gasteiger partial charge in [0, 0.05) is 23.0 Å². The average Bonchev–Trinajstić information content (AvgIpc) is 2.30. The van der Waals surface area contributed by atoms with Crippen LogP contribution in [-0.4, -0.2) is 12.6 Å². The highest BCUT2D eigenvalue weighted by molar-refractivity contribution is 6.30. The molecule has 17 heavy (non-hydrogen) atoms. The Hall–Kier alpha value is -0.670. The third kappa shape index (κ3) is 3.39. The standard InChI is InChI=1S/C13H16ClF2N/c14-11-5-3-4-10(8-11)13(15,16)9-12-6-1-2-7-17-12/h3-5,8,12,17H,1-2,6-7,9H2. The molecule has 0 amide bonds. The molecule has 1 fully saturated rings. The molecule has 0 bridgehead atoms. The van der Waals surface area contributed by atoms with Gasteiger partial charge in [-0.3, -0.25) is 0 Å². The van der Waals surface area contributed by atoms with Crippen LogP contribution in [0.15, 0.2) is 24.3 Å². The highest BCUT2D eigenvalue weighted by Crippen LogP contribution is 2.35. The summed E-state index contributed by atoms with van der Waals surface area (Å²) in [6, 6.07) is 5.89. The molecule has 1 N–H and O–H groups in total. The maximum absolute atomic E-state index is 14.0. The summed E-state index contributed by atoms with van der Waals surface area (Å²) in [5.41, 5.74) is 0.0115. The number of piperidine rings is 1. The molecule has 1 aromatic rings. The van der Waals surface area contributed by atoms with Gasteiger partial charge in [-0.1, -0.05) is 30.2 Å². The molecule has 0 aromatic heterocycles. The van der Waals surface area contributed by atoms with Crippen LogP contribution in [0, 0.1) is 0 Å². The molecule has 2 rings (SSSR count). The second-order valence-electron chi connectivity index (χ2n) is 4.57. The van der Waals surface area contributed by atoms with Crippen LogP contribution in [0.1, 0.15) is 31.2 Å². The maximum Gasteiger partial charge on any atom is 0.274 e. The molecular formula is C13H16ClF2N. The minimum atomic E-state index is -2.81. The fourth-order valence-electron chi connectivity index (χ4n) is 2.24. The summed E-state index contributed by atoms with van der Waals surface area (Å²) >= 11 is 5.74. The second kappa shape index (κ2) is 5.32. The number of rotatable bonds is 3. The normalized spacial score (nSPS) is 21.5. The van der Waals surface area contributed by atoms with Crippen LogP contribution in [0.5, 0.6) is 0 Å². The molecule has 1 nitrogen and oxygen atoms in total. The summed E-state index contributed by atoms with van der Waals surface area (Å²) < 4.78 is 28.0. The lowest BCUT2D eigenvalue weighted by molar-refractivity contribution is -0.0253. The van der Waals surface area contributed by atoms with Crippen LogP contribution in [-0.2, 0) is 5.92 Å². The zero-order chi connectivity index (χ0) is 12.3. The van der Waals surface area contributed by atoms with E-state index in [2.05, 4.69) is 5.32 Å². The number of alkyl halides is 2. The van der Waals surface area contributed by atoms with Gasteiger partial charge in [-0.15, -0.1) is 0 Å². The van der Waals surface area contributed by atoms with Gasteiger partial charge in [0.2, 0.25) is 0 Å². The lowest BCUT2D eigenvalue weighted by Gasteiger charge is -2.27. The first-order chi connectivity index (χ1) is 8.08. The third-order valence-electron chi connectivity index (χ3n) is 3.16. The molecule has 1 atom stereocenters. The minimum Gasteiger partial charge on any atom is -0.314 e. The van der Waals surface area contributed by atoms with Gasteiger partial charge >= 0.3 is 0 Å². The Morgan fingerprint density at radius 3 is 2.82 bits per heavy atom. The van der Waals surface area contributed by atoms with Gasteiger partial charge in [0.05, 0.1) is 0 Å². The molecule has 94 valence electrons. The second-order valence-corrected chi connectivity index (χ2v) is 5.00. The average molecular weight is 260 g/mol. The Bertz CT molecular complexity index is 375. The van der Waals surface area contributed by atoms with Crippen molar-refractivity contribution < 1.29 is 8.78 Å². The first kappa shape index (κ1) is 12.8. The molecule has 4 heteroatoms. The number of hydrogen-bond donors (Lipinski definition) is 1. The monoisotopic (exact) mass is 259 g/mol. The largest absolute Gasteiger partial charge is 0.314 e. The van der Waals surface area contributed by atoms with E-state index in [1.807, 2.05) is 0 Å². The van der Waals surface area contributed by atoms with E-state index in [1.54, 1.807) is 12.1 Å².